The molecule has 11 heteroatoms. The minimum absolute atomic E-state index is 0.159. The Hall–Kier alpha value is -3.73. The number of carbonyl (C=O) groups excluding carboxylic acids is 1. The Morgan fingerprint density at radius 3 is 2.76 bits per heavy atom. The zero-order valence-electron chi connectivity index (χ0n) is 18.8. The molecule has 6 heterocycles. The van der Waals surface area contributed by atoms with E-state index in [9.17, 15) is 4.79 Å². The lowest BCUT2D eigenvalue weighted by Crippen LogP contribution is -2.36. The van der Waals surface area contributed by atoms with Crippen LogP contribution in [0.3, 0.4) is 0 Å². The van der Waals surface area contributed by atoms with Gasteiger partial charge < -0.3 is 24.3 Å². The van der Waals surface area contributed by atoms with E-state index in [2.05, 4.69) is 30.2 Å². The lowest BCUT2D eigenvalue weighted by Gasteiger charge is -2.29. The van der Waals surface area contributed by atoms with E-state index in [0.29, 0.717) is 41.8 Å². The summed E-state index contributed by atoms with van der Waals surface area (Å²) in [6, 6.07) is 4.18. The fraction of sp³-hybridized carbons (Fsp3) is 0.435. The van der Waals surface area contributed by atoms with Crippen molar-refractivity contribution in [3.8, 4) is 0 Å². The molecule has 4 aromatic heterocycles. The molecule has 2 aliphatic rings. The van der Waals surface area contributed by atoms with Gasteiger partial charge in [0.25, 0.3) is 6.01 Å². The van der Waals surface area contributed by atoms with Crippen LogP contribution >= 0.6 is 0 Å². The van der Waals surface area contributed by atoms with E-state index in [4.69, 9.17) is 14.1 Å². The van der Waals surface area contributed by atoms with Gasteiger partial charge in [-0.05, 0) is 25.3 Å². The maximum Gasteiger partial charge on any atom is 0.300 e. The lowest BCUT2D eigenvalue weighted by atomic mass is 10.1. The minimum atomic E-state index is -0.159. The largest absolute Gasteiger partial charge is 0.422 e. The highest BCUT2D eigenvalue weighted by molar-refractivity contribution is 5.97. The average molecular weight is 463 g/mol. The number of nitrogens with zero attached hydrogens (tertiary/aromatic N) is 7. The van der Waals surface area contributed by atoms with Gasteiger partial charge in [-0.1, -0.05) is 0 Å². The normalized spacial score (nSPS) is 16.9. The van der Waals surface area contributed by atoms with Gasteiger partial charge in [0.05, 0.1) is 31.5 Å². The third kappa shape index (κ3) is 4.03. The number of pyridine rings is 1. The average Bonchev–Trinajstić information content (AvgIpc) is 3.48. The number of rotatable bonds is 5. The Morgan fingerprint density at radius 2 is 1.91 bits per heavy atom. The molecule has 6 rings (SSSR count). The summed E-state index contributed by atoms with van der Waals surface area (Å²) < 4.78 is 13.1. The molecule has 4 aromatic rings. The number of anilines is 3. The van der Waals surface area contributed by atoms with Crippen molar-refractivity contribution in [2.75, 3.05) is 54.5 Å². The minimum Gasteiger partial charge on any atom is -0.422 e. The number of morpholine rings is 1. The summed E-state index contributed by atoms with van der Waals surface area (Å²) in [6.07, 6.45) is 8.74. The van der Waals surface area contributed by atoms with E-state index in [1.54, 1.807) is 23.0 Å². The molecule has 0 bridgehead atoms. The molecule has 11 nitrogen and oxygen atoms in total. The van der Waals surface area contributed by atoms with E-state index >= 15 is 0 Å². The quantitative estimate of drug-likeness (QED) is 0.477. The predicted octanol–water partition coefficient (Wildman–Crippen LogP) is 2.27. The summed E-state index contributed by atoms with van der Waals surface area (Å²) in [5.41, 5.74) is 3.17. The Bertz CT molecular complexity index is 1320. The molecule has 0 spiro atoms. The van der Waals surface area contributed by atoms with Crippen LogP contribution < -0.4 is 15.1 Å². The summed E-state index contributed by atoms with van der Waals surface area (Å²) in [4.78, 5) is 31.2. The van der Waals surface area contributed by atoms with Gasteiger partial charge >= 0.3 is 0 Å². The second kappa shape index (κ2) is 8.90. The van der Waals surface area contributed by atoms with Crippen molar-refractivity contribution in [1.82, 2.24) is 24.6 Å². The van der Waals surface area contributed by atoms with Gasteiger partial charge in [-0.15, -0.1) is 0 Å². The number of oxazole rings is 1. The molecule has 0 unspecified atom stereocenters. The smallest absolute Gasteiger partial charge is 0.300 e. The van der Waals surface area contributed by atoms with E-state index in [-0.39, 0.29) is 12.3 Å². The number of fused-ring (bicyclic) bond motifs is 2. The van der Waals surface area contributed by atoms with E-state index in [0.717, 1.165) is 50.4 Å². The van der Waals surface area contributed by atoms with Crippen LogP contribution in [0, 0.1) is 0 Å². The molecule has 2 saturated heterocycles. The molecule has 0 aliphatic carbocycles. The van der Waals surface area contributed by atoms with Crippen LogP contribution in [0.25, 0.3) is 16.9 Å². The molecule has 1 amide bonds. The Labute approximate surface area is 195 Å². The maximum atomic E-state index is 13.1. The number of carbonyl (C=O) groups is 1. The molecule has 0 atom stereocenters. The zero-order valence-corrected chi connectivity index (χ0v) is 18.8. The molecule has 1 N–H and O–H groups in total. The molecular weight excluding hydrogens is 436 g/mol. The van der Waals surface area contributed by atoms with Gasteiger partial charge in [-0.25, -0.2) is 14.5 Å². The summed E-state index contributed by atoms with van der Waals surface area (Å²) in [7, 11) is 0. The van der Waals surface area contributed by atoms with Crippen LogP contribution in [-0.2, 0) is 16.0 Å². The third-order valence-electron chi connectivity index (χ3n) is 6.27. The first-order chi connectivity index (χ1) is 16.7. The van der Waals surface area contributed by atoms with Crippen molar-refractivity contribution < 1.29 is 13.9 Å². The van der Waals surface area contributed by atoms with Crippen LogP contribution in [0.15, 0.2) is 35.1 Å². The lowest BCUT2D eigenvalue weighted by molar-refractivity contribution is -0.115. The van der Waals surface area contributed by atoms with E-state index in [1.807, 2.05) is 12.3 Å². The standard InChI is InChI=1S/C23H26N8O3/c32-19(13-16-15-25-31-8-4-5-24-21(16)31)26-17-14-18-20(27-22(17)29-6-2-1-3-7-29)28-23(34-18)30-9-11-33-12-10-30/h4-5,8,14-15H,1-3,6-7,9-13H2,(H,26,32). The SMILES string of the molecule is O=C(Cc1cnn2cccnc12)Nc1cc2oc(N3CCOCC3)nc2nc1N1CCCCC1. The summed E-state index contributed by atoms with van der Waals surface area (Å²) in [5.74, 6) is 0.577. The number of nitrogens with one attached hydrogen (secondary N) is 1. The van der Waals surface area contributed by atoms with E-state index in [1.165, 1.54) is 6.42 Å². The topological polar surface area (TPSA) is 114 Å². The number of hydrogen-bond acceptors (Lipinski definition) is 9. The molecule has 176 valence electrons. The van der Waals surface area contributed by atoms with Crippen molar-refractivity contribution in [3.05, 3.63) is 36.3 Å². The molecule has 0 radical (unpaired) electrons. The second-order valence-electron chi connectivity index (χ2n) is 8.61. The van der Waals surface area contributed by atoms with Crippen LogP contribution in [-0.4, -0.2) is 69.9 Å². The van der Waals surface area contributed by atoms with Crippen LogP contribution in [0.2, 0.25) is 0 Å². The first kappa shape index (κ1) is 20.8. The highest BCUT2D eigenvalue weighted by Crippen LogP contribution is 2.32. The Morgan fingerprint density at radius 1 is 1.06 bits per heavy atom. The number of aromatic nitrogens is 5. The first-order valence-electron chi connectivity index (χ1n) is 11.7. The Kier molecular flexibility index (Phi) is 5.46. The van der Waals surface area contributed by atoms with Crippen LogP contribution in [0.1, 0.15) is 24.8 Å². The molecular formula is C23H26N8O3. The predicted molar refractivity (Wildman–Crippen MR) is 126 cm³/mol. The second-order valence-corrected chi connectivity index (χ2v) is 8.61. The summed E-state index contributed by atoms with van der Waals surface area (Å²) >= 11 is 0. The van der Waals surface area contributed by atoms with Crippen molar-refractivity contribution in [1.29, 1.82) is 0 Å². The monoisotopic (exact) mass is 462 g/mol. The first-order valence-corrected chi connectivity index (χ1v) is 11.7. The molecule has 2 aliphatic heterocycles. The molecule has 0 saturated carbocycles. The van der Waals surface area contributed by atoms with Crippen molar-refractivity contribution in [2.45, 2.75) is 25.7 Å². The maximum absolute atomic E-state index is 13.1. The molecule has 2 fully saturated rings. The van der Waals surface area contributed by atoms with Crippen molar-refractivity contribution in [2.24, 2.45) is 0 Å². The van der Waals surface area contributed by atoms with Gasteiger partial charge in [0.1, 0.15) is 0 Å². The van der Waals surface area contributed by atoms with E-state index < -0.39 is 0 Å². The number of amides is 1. The number of piperidine rings is 1. The summed E-state index contributed by atoms with van der Waals surface area (Å²) in [6.45, 7) is 4.53. The van der Waals surface area contributed by atoms with Crippen LogP contribution in [0.5, 0.6) is 0 Å². The van der Waals surface area contributed by atoms with Gasteiger partial charge in [-0.3, -0.25) is 4.79 Å². The van der Waals surface area contributed by atoms with Gasteiger partial charge in [0.2, 0.25) is 11.6 Å². The fourth-order valence-electron chi connectivity index (χ4n) is 4.54. The van der Waals surface area contributed by atoms with Gasteiger partial charge in [0, 0.05) is 50.2 Å². The highest BCUT2D eigenvalue weighted by Gasteiger charge is 2.23. The van der Waals surface area contributed by atoms with Gasteiger partial charge in [0.15, 0.2) is 17.0 Å². The molecule has 0 aromatic carbocycles. The van der Waals surface area contributed by atoms with Crippen LogP contribution in [0.4, 0.5) is 17.5 Å². The van der Waals surface area contributed by atoms with Gasteiger partial charge in [-0.2, -0.15) is 10.1 Å². The zero-order chi connectivity index (χ0) is 22.9. The summed E-state index contributed by atoms with van der Waals surface area (Å²) in [5, 5.41) is 7.34. The highest BCUT2D eigenvalue weighted by atomic mass is 16.5. The number of hydrogen-bond donors (Lipinski definition) is 1. The number of ether oxygens (including phenoxy) is 1. The molecule has 34 heavy (non-hydrogen) atoms. The van der Waals surface area contributed by atoms with Crippen molar-refractivity contribution >= 4 is 40.3 Å². The Balaban J connectivity index is 1.31. The third-order valence-corrected chi connectivity index (χ3v) is 6.27. The van der Waals surface area contributed by atoms with Crippen molar-refractivity contribution in [3.63, 3.8) is 0 Å². The fourth-order valence-corrected chi connectivity index (χ4v) is 4.54.